The van der Waals surface area contributed by atoms with Crippen LogP contribution in [-0.4, -0.2) is 23.7 Å². The second-order valence-electron chi connectivity index (χ2n) is 11.1. The SMILES string of the molecule is CC(C)(C)CC1NC(C(=O)OC(C)(C)C)C(c2cccc(F)c2)C1(C#N)c1ccc(Cl)cc1F. The van der Waals surface area contributed by atoms with Crippen LogP contribution in [0.5, 0.6) is 0 Å². The van der Waals surface area contributed by atoms with Crippen molar-refractivity contribution in [1.82, 2.24) is 5.32 Å². The number of carbonyl (C=O) groups is 1. The molecule has 1 saturated heterocycles. The first-order chi connectivity index (χ1) is 15.7. The van der Waals surface area contributed by atoms with Crippen LogP contribution in [-0.2, 0) is 14.9 Å². The fraction of sp³-hybridized carbons (Fsp3) is 0.481. The molecule has 1 aliphatic rings. The van der Waals surface area contributed by atoms with E-state index in [9.17, 15) is 14.4 Å². The van der Waals surface area contributed by atoms with Gasteiger partial charge < -0.3 is 4.74 Å². The van der Waals surface area contributed by atoms with E-state index in [-0.39, 0.29) is 16.0 Å². The van der Waals surface area contributed by atoms with E-state index in [2.05, 4.69) is 11.4 Å². The Labute approximate surface area is 205 Å². The summed E-state index contributed by atoms with van der Waals surface area (Å²) in [5.74, 6) is -2.65. The summed E-state index contributed by atoms with van der Waals surface area (Å²) >= 11 is 6.02. The second-order valence-corrected chi connectivity index (χ2v) is 11.6. The topological polar surface area (TPSA) is 62.1 Å². The minimum atomic E-state index is -1.53. The molecule has 0 radical (unpaired) electrons. The molecular formula is C27H31ClF2N2O2. The Morgan fingerprint density at radius 1 is 1.15 bits per heavy atom. The van der Waals surface area contributed by atoms with Crippen LogP contribution in [0.2, 0.25) is 5.02 Å². The number of nitrogens with one attached hydrogen (secondary N) is 1. The number of rotatable bonds is 4. The van der Waals surface area contributed by atoms with Crippen molar-refractivity contribution in [2.24, 2.45) is 5.41 Å². The van der Waals surface area contributed by atoms with Crippen molar-refractivity contribution < 1.29 is 18.3 Å². The van der Waals surface area contributed by atoms with Gasteiger partial charge in [0.05, 0.1) is 6.07 Å². The van der Waals surface area contributed by atoms with Crippen LogP contribution in [0.25, 0.3) is 0 Å². The number of nitrogens with zero attached hydrogens (tertiary/aromatic N) is 1. The molecule has 1 heterocycles. The van der Waals surface area contributed by atoms with Gasteiger partial charge in [0.15, 0.2) is 0 Å². The number of benzene rings is 2. The molecular weight excluding hydrogens is 458 g/mol. The van der Waals surface area contributed by atoms with Crippen molar-refractivity contribution in [2.45, 2.75) is 77.0 Å². The van der Waals surface area contributed by atoms with Gasteiger partial charge in [-0.1, -0.05) is 50.6 Å². The third-order valence-electron chi connectivity index (χ3n) is 6.00. The van der Waals surface area contributed by atoms with Crippen molar-refractivity contribution in [3.05, 3.63) is 70.2 Å². The zero-order chi connectivity index (χ0) is 25.5. The average molecular weight is 489 g/mol. The molecule has 0 aliphatic carbocycles. The summed E-state index contributed by atoms with van der Waals surface area (Å²) in [6.07, 6.45) is 0.452. The molecule has 2 aromatic rings. The van der Waals surface area contributed by atoms with Gasteiger partial charge in [-0.15, -0.1) is 0 Å². The van der Waals surface area contributed by atoms with Gasteiger partial charge in [-0.05, 0) is 62.4 Å². The van der Waals surface area contributed by atoms with E-state index in [1.165, 1.54) is 30.3 Å². The number of carbonyl (C=O) groups excluding carboxylic acids is 1. The molecule has 1 aliphatic heterocycles. The molecule has 182 valence electrons. The van der Waals surface area contributed by atoms with Crippen LogP contribution in [0, 0.1) is 28.4 Å². The Morgan fingerprint density at radius 2 is 1.82 bits per heavy atom. The lowest BCUT2D eigenvalue weighted by atomic mass is 9.63. The highest BCUT2D eigenvalue weighted by Crippen LogP contribution is 2.52. The molecule has 0 saturated carbocycles. The first-order valence-electron chi connectivity index (χ1n) is 11.3. The highest BCUT2D eigenvalue weighted by Gasteiger charge is 2.61. The largest absolute Gasteiger partial charge is 0.459 e. The van der Waals surface area contributed by atoms with E-state index in [0.717, 1.165) is 6.07 Å². The molecule has 0 amide bonds. The summed E-state index contributed by atoms with van der Waals surface area (Å²) < 4.78 is 35.5. The Bertz CT molecular complexity index is 1120. The van der Waals surface area contributed by atoms with Crippen LogP contribution in [0.3, 0.4) is 0 Å². The molecule has 4 unspecified atom stereocenters. The van der Waals surface area contributed by atoms with Gasteiger partial charge in [-0.25, -0.2) is 8.78 Å². The second kappa shape index (κ2) is 9.28. The lowest BCUT2D eigenvalue weighted by Gasteiger charge is -2.37. The third kappa shape index (κ3) is 5.26. The summed E-state index contributed by atoms with van der Waals surface area (Å²) in [6.45, 7) is 11.3. The van der Waals surface area contributed by atoms with Crippen molar-refractivity contribution in [3.8, 4) is 6.07 Å². The van der Waals surface area contributed by atoms with E-state index < -0.39 is 46.6 Å². The number of hydrogen-bond acceptors (Lipinski definition) is 4. The maximum atomic E-state index is 15.5. The highest BCUT2D eigenvalue weighted by atomic mass is 35.5. The fourth-order valence-corrected chi connectivity index (χ4v) is 5.03. The summed E-state index contributed by atoms with van der Waals surface area (Å²) in [6, 6.07) is 10.7. The molecule has 4 atom stereocenters. The molecule has 0 bridgehead atoms. The predicted molar refractivity (Wildman–Crippen MR) is 128 cm³/mol. The van der Waals surface area contributed by atoms with E-state index >= 15 is 4.39 Å². The number of halogens is 3. The normalized spacial score (nSPS) is 25.1. The molecule has 34 heavy (non-hydrogen) atoms. The standard InChI is InChI=1S/C27H31ClF2N2O2/c1-25(2,3)14-21-27(15-31,19-11-10-17(28)13-20(19)30)22(16-8-7-9-18(29)12-16)23(32-21)24(33)34-26(4,5)6/h7-13,21-23,32H,14H2,1-6H3. The summed E-state index contributed by atoms with van der Waals surface area (Å²) in [5, 5.41) is 14.2. The quantitative estimate of drug-likeness (QED) is 0.514. The Kier molecular flexibility index (Phi) is 7.13. The number of esters is 1. The maximum Gasteiger partial charge on any atom is 0.324 e. The van der Waals surface area contributed by atoms with Gasteiger partial charge in [0, 0.05) is 22.5 Å². The zero-order valence-electron chi connectivity index (χ0n) is 20.4. The minimum Gasteiger partial charge on any atom is -0.459 e. The average Bonchev–Trinajstić information content (AvgIpc) is 3.00. The number of nitriles is 1. The van der Waals surface area contributed by atoms with Crippen LogP contribution in [0.1, 0.15) is 65.0 Å². The van der Waals surface area contributed by atoms with E-state index in [0.29, 0.717) is 12.0 Å². The first-order valence-corrected chi connectivity index (χ1v) is 11.7. The van der Waals surface area contributed by atoms with Crippen LogP contribution >= 0.6 is 11.6 Å². The summed E-state index contributed by atoms with van der Waals surface area (Å²) in [5.41, 5.74) is -2.05. The van der Waals surface area contributed by atoms with Gasteiger partial charge in [0.25, 0.3) is 0 Å². The van der Waals surface area contributed by atoms with Gasteiger partial charge in [-0.3, -0.25) is 10.1 Å². The minimum absolute atomic E-state index is 0.112. The Morgan fingerprint density at radius 3 is 2.35 bits per heavy atom. The zero-order valence-corrected chi connectivity index (χ0v) is 21.1. The first kappa shape index (κ1) is 26.1. The number of hydrogen-bond donors (Lipinski definition) is 1. The molecule has 0 aromatic heterocycles. The molecule has 0 spiro atoms. The van der Waals surface area contributed by atoms with E-state index in [1.54, 1.807) is 26.8 Å². The highest BCUT2D eigenvalue weighted by molar-refractivity contribution is 6.30. The van der Waals surface area contributed by atoms with Crippen molar-refractivity contribution >= 4 is 17.6 Å². The van der Waals surface area contributed by atoms with Crippen LogP contribution < -0.4 is 5.32 Å². The van der Waals surface area contributed by atoms with Crippen molar-refractivity contribution in [2.75, 3.05) is 0 Å². The summed E-state index contributed by atoms with van der Waals surface area (Å²) in [7, 11) is 0. The van der Waals surface area contributed by atoms with Crippen LogP contribution in [0.15, 0.2) is 42.5 Å². The van der Waals surface area contributed by atoms with Crippen molar-refractivity contribution in [3.63, 3.8) is 0 Å². The molecule has 2 aromatic carbocycles. The monoisotopic (exact) mass is 488 g/mol. The Balaban J connectivity index is 2.32. The van der Waals surface area contributed by atoms with Gasteiger partial charge >= 0.3 is 5.97 Å². The van der Waals surface area contributed by atoms with Gasteiger partial charge in [0.1, 0.15) is 28.7 Å². The summed E-state index contributed by atoms with van der Waals surface area (Å²) in [4.78, 5) is 13.4. The molecule has 3 rings (SSSR count). The smallest absolute Gasteiger partial charge is 0.324 e. The predicted octanol–water partition coefficient (Wildman–Crippen LogP) is 6.28. The number of ether oxygens (including phenoxy) is 1. The Hall–Kier alpha value is -2.49. The molecule has 1 N–H and O–H groups in total. The van der Waals surface area contributed by atoms with Crippen LogP contribution in [0.4, 0.5) is 8.78 Å². The lowest BCUT2D eigenvalue weighted by molar-refractivity contribution is -0.157. The van der Waals surface area contributed by atoms with E-state index in [1.807, 2.05) is 20.8 Å². The fourth-order valence-electron chi connectivity index (χ4n) is 4.87. The lowest BCUT2D eigenvalue weighted by Crippen LogP contribution is -2.44. The van der Waals surface area contributed by atoms with E-state index in [4.69, 9.17) is 16.3 Å². The molecule has 1 fully saturated rings. The van der Waals surface area contributed by atoms with Gasteiger partial charge in [-0.2, -0.15) is 5.26 Å². The van der Waals surface area contributed by atoms with Crippen molar-refractivity contribution in [1.29, 1.82) is 5.26 Å². The third-order valence-corrected chi connectivity index (χ3v) is 6.24. The maximum absolute atomic E-state index is 15.5. The molecule has 7 heteroatoms. The molecule has 4 nitrogen and oxygen atoms in total. The van der Waals surface area contributed by atoms with Gasteiger partial charge in [0.2, 0.25) is 0 Å².